The van der Waals surface area contributed by atoms with Crippen molar-refractivity contribution < 1.29 is 14.7 Å². The van der Waals surface area contributed by atoms with Crippen LogP contribution in [-0.4, -0.2) is 23.5 Å². The monoisotopic (exact) mass is 261 g/mol. The molecule has 0 unspecified atom stereocenters. The van der Waals surface area contributed by atoms with Gasteiger partial charge < -0.3 is 10.0 Å². The lowest BCUT2D eigenvalue weighted by Crippen LogP contribution is -2.27. The molecule has 0 radical (unpaired) electrons. The van der Waals surface area contributed by atoms with Gasteiger partial charge in [0.2, 0.25) is 5.91 Å². The first kappa shape index (κ1) is 13.6. The first-order valence-electron chi connectivity index (χ1n) is 6.65. The van der Waals surface area contributed by atoms with Gasteiger partial charge in [0.15, 0.2) is 0 Å². The van der Waals surface area contributed by atoms with Gasteiger partial charge >= 0.3 is 5.97 Å². The number of benzene rings is 1. The third kappa shape index (κ3) is 2.95. The van der Waals surface area contributed by atoms with Gasteiger partial charge in [-0.2, -0.15) is 0 Å². The van der Waals surface area contributed by atoms with Gasteiger partial charge in [-0.25, -0.2) is 4.79 Å². The summed E-state index contributed by atoms with van der Waals surface area (Å²) in [6, 6.07) is 4.92. The predicted octanol–water partition coefficient (Wildman–Crippen LogP) is 2.71. The number of nitrogens with zero attached hydrogens (tertiary/aromatic N) is 1. The molecule has 0 saturated carbocycles. The summed E-state index contributed by atoms with van der Waals surface area (Å²) in [6.45, 7) is 5.05. The number of carboxylic acids is 1. The third-order valence-corrected chi connectivity index (χ3v) is 3.42. The molecule has 2 rings (SSSR count). The molecule has 0 spiro atoms. The number of hydrogen-bond donors (Lipinski definition) is 1. The van der Waals surface area contributed by atoms with E-state index in [9.17, 15) is 9.59 Å². The Balaban J connectivity index is 2.13. The fourth-order valence-corrected chi connectivity index (χ4v) is 2.42. The topological polar surface area (TPSA) is 57.6 Å². The second-order valence-electron chi connectivity index (χ2n) is 5.41. The smallest absolute Gasteiger partial charge is 0.335 e. The largest absolute Gasteiger partial charge is 0.478 e. The van der Waals surface area contributed by atoms with Crippen molar-refractivity contribution in [2.75, 3.05) is 11.4 Å². The Hall–Kier alpha value is -1.84. The van der Waals surface area contributed by atoms with E-state index in [4.69, 9.17) is 5.11 Å². The van der Waals surface area contributed by atoms with Crippen LogP contribution < -0.4 is 4.90 Å². The van der Waals surface area contributed by atoms with Gasteiger partial charge in [0.1, 0.15) is 0 Å². The van der Waals surface area contributed by atoms with Crippen molar-refractivity contribution in [2.45, 2.75) is 33.1 Å². The molecule has 1 amide bonds. The molecule has 1 N–H and O–H groups in total. The molecular formula is C15H19NO3. The quantitative estimate of drug-likeness (QED) is 0.886. The maximum absolute atomic E-state index is 12.0. The van der Waals surface area contributed by atoms with Crippen molar-refractivity contribution in [3.05, 3.63) is 29.3 Å². The van der Waals surface area contributed by atoms with E-state index < -0.39 is 5.97 Å². The summed E-state index contributed by atoms with van der Waals surface area (Å²) < 4.78 is 0. The Labute approximate surface area is 113 Å². The molecule has 4 heteroatoms. The van der Waals surface area contributed by atoms with E-state index in [0.29, 0.717) is 12.3 Å². The van der Waals surface area contributed by atoms with E-state index >= 15 is 0 Å². The van der Waals surface area contributed by atoms with E-state index in [2.05, 4.69) is 13.8 Å². The Morgan fingerprint density at radius 3 is 2.79 bits per heavy atom. The van der Waals surface area contributed by atoms with E-state index in [1.807, 2.05) is 0 Å². The standard InChI is InChI=1S/C15H19NO3/c1-10(2)4-3-7-16-13-6-5-11(15(18)19)8-12(13)9-14(16)17/h5-6,8,10H,3-4,7,9H2,1-2H3,(H,18,19). The minimum atomic E-state index is -0.950. The number of amides is 1. The molecular weight excluding hydrogens is 242 g/mol. The number of carbonyl (C=O) groups excluding carboxylic acids is 1. The Morgan fingerprint density at radius 1 is 1.42 bits per heavy atom. The molecule has 1 aliphatic rings. The fourth-order valence-electron chi connectivity index (χ4n) is 2.42. The van der Waals surface area contributed by atoms with E-state index in [1.54, 1.807) is 23.1 Å². The van der Waals surface area contributed by atoms with Gasteiger partial charge in [0, 0.05) is 12.2 Å². The number of rotatable bonds is 5. The van der Waals surface area contributed by atoms with Crippen LogP contribution in [0.15, 0.2) is 18.2 Å². The molecule has 0 saturated heterocycles. The molecule has 0 bridgehead atoms. The summed E-state index contributed by atoms with van der Waals surface area (Å²) in [4.78, 5) is 24.7. The molecule has 1 heterocycles. The lowest BCUT2D eigenvalue weighted by Gasteiger charge is -2.18. The maximum atomic E-state index is 12.0. The number of aromatic carboxylic acids is 1. The Kier molecular flexibility index (Phi) is 3.88. The molecule has 1 aromatic carbocycles. The highest BCUT2D eigenvalue weighted by atomic mass is 16.4. The van der Waals surface area contributed by atoms with Gasteiger partial charge in [0.25, 0.3) is 0 Å². The molecule has 4 nitrogen and oxygen atoms in total. The average Bonchev–Trinajstić information content (AvgIpc) is 2.64. The summed E-state index contributed by atoms with van der Waals surface area (Å²) >= 11 is 0. The van der Waals surface area contributed by atoms with Crippen LogP contribution in [-0.2, 0) is 11.2 Å². The summed E-state index contributed by atoms with van der Waals surface area (Å²) in [5, 5.41) is 8.95. The summed E-state index contributed by atoms with van der Waals surface area (Å²) in [5.41, 5.74) is 1.95. The van der Waals surface area contributed by atoms with Crippen molar-refractivity contribution in [3.8, 4) is 0 Å². The normalized spacial score (nSPS) is 14.1. The van der Waals surface area contributed by atoms with Crippen LogP contribution in [0.2, 0.25) is 0 Å². The van der Waals surface area contributed by atoms with Crippen molar-refractivity contribution in [1.29, 1.82) is 0 Å². The second-order valence-corrected chi connectivity index (χ2v) is 5.41. The van der Waals surface area contributed by atoms with Gasteiger partial charge in [-0.15, -0.1) is 0 Å². The average molecular weight is 261 g/mol. The highest BCUT2D eigenvalue weighted by Gasteiger charge is 2.27. The lowest BCUT2D eigenvalue weighted by atomic mass is 10.1. The van der Waals surface area contributed by atoms with Gasteiger partial charge in [-0.3, -0.25) is 4.79 Å². The summed E-state index contributed by atoms with van der Waals surface area (Å²) in [7, 11) is 0. The van der Waals surface area contributed by atoms with E-state index in [-0.39, 0.29) is 11.5 Å². The molecule has 1 aromatic rings. The number of fused-ring (bicyclic) bond motifs is 1. The van der Waals surface area contributed by atoms with Gasteiger partial charge in [-0.05, 0) is 42.5 Å². The van der Waals surface area contributed by atoms with Crippen LogP contribution in [0.25, 0.3) is 0 Å². The first-order chi connectivity index (χ1) is 8.99. The van der Waals surface area contributed by atoms with Crippen LogP contribution in [0.4, 0.5) is 5.69 Å². The number of hydrogen-bond acceptors (Lipinski definition) is 2. The second kappa shape index (κ2) is 5.43. The van der Waals surface area contributed by atoms with Crippen LogP contribution in [0.1, 0.15) is 42.6 Å². The zero-order valence-electron chi connectivity index (χ0n) is 11.3. The predicted molar refractivity (Wildman–Crippen MR) is 73.5 cm³/mol. The lowest BCUT2D eigenvalue weighted by molar-refractivity contribution is -0.117. The van der Waals surface area contributed by atoms with E-state index in [1.165, 1.54) is 0 Å². The molecule has 0 fully saturated rings. The fraction of sp³-hybridized carbons (Fsp3) is 0.467. The summed E-state index contributed by atoms with van der Waals surface area (Å²) in [5.74, 6) is -0.249. The van der Waals surface area contributed by atoms with Crippen LogP contribution in [0, 0.1) is 5.92 Å². The number of carbonyl (C=O) groups is 2. The third-order valence-electron chi connectivity index (χ3n) is 3.42. The maximum Gasteiger partial charge on any atom is 0.335 e. The van der Waals surface area contributed by atoms with Crippen molar-refractivity contribution >= 4 is 17.6 Å². The zero-order valence-corrected chi connectivity index (χ0v) is 11.3. The zero-order chi connectivity index (χ0) is 14.0. The SMILES string of the molecule is CC(C)CCCN1C(=O)Cc2cc(C(=O)O)ccc21. The van der Waals surface area contributed by atoms with Crippen molar-refractivity contribution in [3.63, 3.8) is 0 Å². The highest BCUT2D eigenvalue weighted by Crippen LogP contribution is 2.30. The minimum absolute atomic E-state index is 0.0706. The van der Waals surface area contributed by atoms with Crippen LogP contribution >= 0.6 is 0 Å². The molecule has 0 aromatic heterocycles. The van der Waals surface area contributed by atoms with Crippen LogP contribution in [0.3, 0.4) is 0 Å². The Bertz CT molecular complexity index is 508. The summed E-state index contributed by atoms with van der Waals surface area (Å²) in [6.07, 6.45) is 2.38. The minimum Gasteiger partial charge on any atom is -0.478 e. The molecule has 102 valence electrons. The number of anilines is 1. The molecule has 19 heavy (non-hydrogen) atoms. The van der Waals surface area contributed by atoms with Crippen LogP contribution in [0.5, 0.6) is 0 Å². The number of carboxylic acid groups (broad SMARTS) is 1. The molecule has 1 aliphatic heterocycles. The first-order valence-corrected chi connectivity index (χ1v) is 6.65. The van der Waals surface area contributed by atoms with Crippen molar-refractivity contribution in [2.24, 2.45) is 5.92 Å². The van der Waals surface area contributed by atoms with E-state index in [0.717, 1.165) is 30.6 Å². The van der Waals surface area contributed by atoms with Gasteiger partial charge in [0.05, 0.1) is 12.0 Å². The van der Waals surface area contributed by atoms with Gasteiger partial charge in [-0.1, -0.05) is 13.8 Å². The molecule has 0 aliphatic carbocycles. The Morgan fingerprint density at radius 2 is 2.16 bits per heavy atom. The van der Waals surface area contributed by atoms with Crippen molar-refractivity contribution in [1.82, 2.24) is 0 Å². The molecule has 0 atom stereocenters. The highest BCUT2D eigenvalue weighted by molar-refractivity contribution is 6.02.